The lowest BCUT2D eigenvalue weighted by atomic mass is 10.1. The summed E-state index contributed by atoms with van der Waals surface area (Å²) in [7, 11) is 0. The van der Waals surface area contributed by atoms with Crippen LogP contribution in [-0.2, 0) is 4.74 Å². The number of nitrogens with one attached hydrogen (secondary N) is 1. The molecule has 2 aromatic carbocycles. The third kappa shape index (κ3) is 2.76. The zero-order valence-corrected chi connectivity index (χ0v) is 16.2. The molecule has 1 saturated carbocycles. The molecular formula is C22H25N3O2. The molecule has 3 atom stereocenters. The summed E-state index contributed by atoms with van der Waals surface area (Å²) in [5.41, 5.74) is 2.75. The molecule has 1 amide bonds. The van der Waals surface area contributed by atoms with E-state index < -0.39 is 5.60 Å². The minimum absolute atomic E-state index is 0.0310. The van der Waals surface area contributed by atoms with Gasteiger partial charge in [0.25, 0.3) is 0 Å². The molecule has 1 aromatic heterocycles. The number of hydrogen-bond donors (Lipinski definition) is 1. The van der Waals surface area contributed by atoms with Crippen LogP contribution in [0.5, 0.6) is 0 Å². The van der Waals surface area contributed by atoms with Crippen LogP contribution in [0.25, 0.3) is 21.8 Å². The van der Waals surface area contributed by atoms with Crippen molar-refractivity contribution < 1.29 is 9.53 Å². The summed E-state index contributed by atoms with van der Waals surface area (Å²) in [5, 5.41) is 2.34. The molecule has 3 aromatic rings. The Morgan fingerprint density at radius 3 is 2.81 bits per heavy atom. The van der Waals surface area contributed by atoms with E-state index in [2.05, 4.69) is 42.2 Å². The van der Waals surface area contributed by atoms with Gasteiger partial charge in [-0.05, 0) is 57.9 Å². The molecule has 1 aliphatic carbocycles. The Balaban J connectivity index is 1.54. The maximum Gasteiger partial charge on any atom is 0.411 e. The molecule has 5 heteroatoms. The maximum absolute atomic E-state index is 12.8. The summed E-state index contributed by atoms with van der Waals surface area (Å²) >= 11 is 0. The highest BCUT2D eigenvalue weighted by molar-refractivity contribution is 6.04. The van der Waals surface area contributed by atoms with Crippen LogP contribution in [0.15, 0.2) is 30.3 Å². The number of nitrogens with zero attached hydrogens (tertiary/aromatic N) is 2. The number of aromatic nitrogens is 2. The topological polar surface area (TPSA) is 58.2 Å². The lowest BCUT2D eigenvalue weighted by Crippen LogP contribution is -2.38. The summed E-state index contributed by atoms with van der Waals surface area (Å²) in [4.78, 5) is 23.1. The van der Waals surface area contributed by atoms with E-state index in [1.54, 1.807) is 0 Å². The number of rotatable bonds is 1. The second-order valence-electron chi connectivity index (χ2n) is 9.01. The van der Waals surface area contributed by atoms with Crippen molar-refractivity contribution in [3.8, 4) is 0 Å². The average Bonchev–Trinajstić information content (AvgIpc) is 3.03. The van der Waals surface area contributed by atoms with Crippen molar-refractivity contribution in [3.63, 3.8) is 0 Å². The number of benzene rings is 2. The molecule has 2 fully saturated rings. The SMILES string of the molecule is Cc1ccc2c(ccc3[nH]c([C@@H]4C[C@@H]5C[C@@H]5N4C(=O)OC(C)(C)C)nc32)c1. The Morgan fingerprint density at radius 1 is 1.22 bits per heavy atom. The lowest BCUT2D eigenvalue weighted by Gasteiger charge is -2.29. The molecule has 1 saturated heterocycles. The molecule has 1 aliphatic heterocycles. The average molecular weight is 363 g/mol. The Labute approximate surface area is 158 Å². The fraction of sp³-hybridized carbons (Fsp3) is 0.455. The number of likely N-dealkylation sites (tertiary alicyclic amines) is 1. The number of H-pyrrole nitrogens is 1. The zero-order valence-electron chi connectivity index (χ0n) is 16.2. The Hall–Kier alpha value is -2.56. The second-order valence-corrected chi connectivity index (χ2v) is 9.01. The van der Waals surface area contributed by atoms with E-state index in [0.29, 0.717) is 12.0 Å². The standard InChI is InChI=1S/C22H25N3O2/c1-12-5-7-15-13(9-12)6-8-16-19(15)24-20(23-16)18-11-14-10-17(14)25(18)21(26)27-22(2,3)4/h5-9,14,17-18H,10-11H2,1-4H3,(H,23,24)/t14-,17-,18-/m0/s1. The molecule has 0 radical (unpaired) electrons. The Kier molecular flexibility index (Phi) is 3.37. The Morgan fingerprint density at radius 2 is 2.04 bits per heavy atom. The van der Waals surface area contributed by atoms with Crippen molar-refractivity contribution in [1.82, 2.24) is 14.9 Å². The van der Waals surface area contributed by atoms with Crippen molar-refractivity contribution >= 4 is 27.9 Å². The van der Waals surface area contributed by atoms with Crippen LogP contribution >= 0.6 is 0 Å². The number of fused-ring (bicyclic) bond motifs is 4. The molecule has 0 unspecified atom stereocenters. The quantitative estimate of drug-likeness (QED) is 0.655. The minimum atomic E-state index is -0.490. The first-order valence-electron chi connectivity index (χ1n) is 9.70. The van der Waals surface area contributed by atoms with Gasteiger partial charge in [-0.1, -0.05) is 29.8 Å². The van der Waals surface area contributed by atoms with E-state index in [1.807, 2.05) is 25.7 Å². The molecule has 1 N–H and O–H groups in total. The van der Waals surface area contributed by atoms with E-state index in [0.717, 1.165) is 35.1 Å². The van der Waals surface area contributed by atoms with Crippen molar-refractivity contribution in [2.75, 3.05) is 0 Å². The molecular weight excluding hydrogens is 338 g/mol. The molecule has 2 aliphatic rings. The number of imidazole rings is 1. The number of ether oxygens (including phenoxy) is 1. The maximum atomic E-state index is 12.8. The number of carbonyl (C=O) groups is 1. The van der Waals surface area contributed by atoms with Crippen LogP contribution in [-0.4, -0.2) is 32.6 Å². The lowest BCUT2D eigenvalue weighted by molar-refractivity contribution is 0.0175. The normalized spacial score (nSPS) is 24.4. The van der Waals surface area contributed by atoms with Crippen LogP contribution in [0.2, 0.25) is 0 Å². The van der Waals surface area contributed by atoms with Gasteiger partial charge >= 0.3 is 6.09 Å². The number of hydrogen-bond acceptors (Lipinski definition) is 3. The third-order valence-electron chi connectivity index (χ3n) is 5.67. The summed E-state index contributed by atoms with van der Waals surface area (Å²) in [6, 6.07) is 10.9. The van der Waals surface area contributed by atoms with Gasteiger partial charge in [-0.3, -0.25) is 4.90 Å². The summed E-state index contributed by atoms with van der Waals surface area (Å²) < 4.78 is 5.67. The first kappa shape index (κ1) is 16.6. The van der Waals surface area contributed by atoms with Gasteiger partial charge in [-0.2, -0.15) is 0 Å². The van der Waals surface area contributed by atoms with Crippen LogP contribution in [0.3, 0.4) is 0 Å². The third-order valence-corrected chi connectivity index (χ3v) is 5.67. The summed E-state index contributed by atoms with van der Waals surface area (Å²) in [5.74, 6) is 1.45. The van der Waals surface area contributed by atoms with Crippen LogP contribution in [0.4, 0.5) is 4.79 Å². The van der Waals surface area contributed by atoms with Crippen molar-refractivity contribution in [2.24, 2.45) is 5.92 Å². The minimum Gasteiger partial charge on any atom is -0.444 e. The van der Waals surface area contributed by atoms with E-state index >= 15 is 0 Å². The Bertz CT molecular complexity index is 1060. The predicted molar refractivity (Wildman–Crippen MR) is 106 cm³/mol. The smallest absolute Gasteiger partial charge is 0.411 e. The van der Waals surface area contributed by atoms with Gasteiger partial charge in [0.15, 0.2) is 0 Å². The number of aryl methyl sites for hydroxylation is 1. The number of amides is 1. The molecule has 2 heterocycles. The predicted octanol–water partition coefficient (Wildman–Crippen LogP) is 5.09. The van der Waals surface area contributed by atoms with Crippen LogP contribution in [0, 0.1) is 12.8 Å². The summed E-state index contributed by atoms with van der Waals surface area (Å²) in [6.45, 7) is 7.84. The van der Waals surface area contributed by atoms with E-state index in [1.165, 1.54) is 10.9 Å². The highest BCUT2D eigenvalue weighted by atomic mass is 16.6. The van der Waals surface area contributed by atoms with Gasteiger partial charge in [-0.25, -0.2) is 9.78 Å². The number of carbonyl (C=O) groups excluding carboxylic acids is 1. The molecule has 0 bridgehead atoms. The van der Waals surface area contributed by atoms with Crippen molar-refractivity contribution in [3.05, 3.63) is 41.7 Å². The fourth-order valence-electron chi connectivity index (χ4n) is 4.38. The van der Waals surface area contributed by atoms with Crippen molar-refractivity contribution in [2.45, 2.75) is 58.2 Å². The van der Waals surface area contributed by atoms with E-state index in [9.17, 15) is 4.79 Å². The first-order valence-corrected chi connectivity index (χ1v) is 9.70. The number of aromatic amines is 1. The monoisotopic (exact) mass is 363 g/mol. The highest BCUT2D eigenvalue weighted by Crippen LogP contribution is 2.53. The molecule has 5 rings (SSSR count). The van der Waals surface area contributed by atoms with Crippen LogP contribution < -0.4 is 0 Å². The second kappa shape index (κ2) is 5.47. The van der Waals surface area contributed by atoms with Gasteiger partial charge in [0.05, 0.1) is 17.1 Å². The molecule has 0 spiro atoms. The fourth-order valence-corrected chi connectivity index (χ4v) is 4.38. The largest absolute Gasteiger partial charge is 0.444 e. The molecule has 5 nitrogen and oxygen atoms in total. The van der Waals surface area contributed by atoms with Crippen molar-refractivity contribution in [1.29, 1.82) is 0 Å². The van der Waals surface area contributed by atoms with E-state index in [-0.39, 0.29) is 12.1 Å². The summed E-state index contributed by atoms with van der Waals surface area (Å²) in [6.07, 6.45) is 1.82. The molecule has 27 heavy (non-hydrogen) atoms. The van der Waals surface area contributed by atoms with Gasteiger partial charge in [0.2, 0.25) is 0 Å². The van der Waals surface area contributed by atoms with E-state index in [4.69, 9.17) is 9.72 Å². The zero-order chi connectivity index (χ0) is 18.9. The van der Waals surface area contributed by atoms with Gasteiger partial charge < -0.3 is 9.72 Å². The van der Waals surface area contributed by atoms with Gasteiger partial charge in [-0.15, -0.1) is 0 Å². The molecule has 140 valence electrons. The van der Waals surface area contributed by atoms with Gasteiger partial charge in [0, 0.05) is 11.4 Å². The number of piperidine rings is 1. The van der Waals surface area contributed by atoms with Gasteiger partial charge in [0.1, 0.15) is 11.4 Å². The first-order chi connectivity index (χ1) is 12.8. The highest BCUT2D eigenvalue weighted by Gasteiger charge is 2.56. The van der Waals surface area contributed by atoms with Crippen LogP contribution in [0.1, 0.15) is 51.0 Å².